The van der Waals surface area contributed by atoms with Crippen molar-refractivity contribution in [3.8, 4) is 0 Å². The van der Waals surface area contributed by atoms with Gasteiger partial charge in [-0.2, -0.15) is 5.10 Å². The highest BCUT2D eigenvalue weighted by Crippen LogP contribution is 2.35. The molecule has 0 aliphatic carbocycles. The fraction of sp³-hybridized carbons (Fsp3) is 0.167. The zero-order valence-corrected chi connectivity index (χ0v) is 18.3. The summed E-state index contributed by atoms with van der Waals surface area (Å²) in [6.07, 6.45) is 0. The largest absolute Gasteiger partial charge is 0.256 e. The maximum absolute atomic E-state index is 6.45. The Hall–Kier alpha value is -0.490. The number of halogens is 4. The van der Waals surface area contributed by atoms with Crippen LogP contribution < -0.4 is 0 Å². The third-order valence-electron chi connectivity index (χ3n) is 3.61. The van der Waals surface area contributed by atoms with Crippen molar-refractivity contribution in [2.45, 2.75) is 21.3 Å². The number of hydrogen-bond acceptors (Lipinski definition) is 3. The summed E-state index contributed by atoms with van der Waals surface area (Å²) in [6, 6.07) is 13.3. The smallest absolute Gasteiger partial charge is 0.131 e. The van der Waals surface area contributed by atoms with Crippen molar-refractivity contribution >= 4 is 69.9 Å². The van der Waals surface area contributed by atoms with Crippen molar-refractivity contribution in [2.24, 2.45) is 7.05 Å². The predicted molar refractivity (Wildman–Crippen MR) is 115 cm³/mol. The highest BCUT2D eigenvalue weighted by Gasteiger charge is 2.16. The Balaban J connectivity index is 1.73. The topological polar surface area (TPSA) is 17.8 Å². The molecule has 0 fully saturated rings. The van der Waals surface area contributed by atoms with Gasteiger partial charge < -0.3 is 0 Å². The van der Waals surface area contributed by atoms with Crippen LogP contribution in [-0.2, 0) is 18.6 Å². The third-order valence-corrected chi connectivity index (χ3v) is 7.12. The molecule has 0 spiro atoms. The first-order valence-corrected chi connectivity index (χ1v) is 11.1. The fourth-order valence-corrected chi connectivity index (χ4v) is 5.10. The molecule has 2 aromatic carbocycles. The van der Waals surface area contributed by atoms with E-state index in [0.717, 1.165) is 31.8 Å². The first kappa shape index (κ1) is 20.2. The molecule has 1 heterocycles. The molecular weight excluding hydrogens is 450 g/mol. The average molecular weight is 464 g/mol. The summed E-state index contributed by atoms with van der Waals surface area (Å²) in [5.41, 5.74) is 1.99. The lowest BCUT2D eigenvalue weighted by atomic mass is 10.3. The van der Waals surface area contributed by atoms with Gasteiger partial charge in [-0.15, -0.1) is 23.5 Å². The third kappa shape index (κ3) is 5.06. The van der Waals surface area contributed by atoms with E-state index in [-0.39, 0.29) is 0 Å². The highest BCUT2D eigenvalue weighted by atomic mass is 35.5. The Morgan fingerprint density at radius 3 is 2.27 bits per heavy atom. The molecule has 0 radical (unpaired) electrons. The van der Waals surface area contributed by atoms with Crippen molar-refractivity contribution in [1.29, 1.82) is 0 Å². The van der Waals surface area contributed by atoms with Crippen LogP contribution in [0.3, 0.4) is 0 Å². The lowest BCUT2D eigenvalue weighted by molar-refractivity contribution is 0.755. The minimum atomic E-state index is 0.624. The van der Waals surface area contributed by atoms with E-state index in [1.165, 1.54) is 0 Å². The van der Waals surface area contributed by atoms with Gasteiger partial charge in [0.15, 0.2) is 0 Å². The van der Waals surface area contributed by atoms with Gasteiger partial charge in [-0.1, -0.05) is 46.4 Å². The molecule has 0 aliphatic heterocycles. The lowest BCUT2D eigenvalue weighted by Crippen LogP contribution is -1.91. The van der Waals surface area contributed by atoms with E-state index in [9.17, 15) is 0 Å². The molecule has 136 valence electrons. The van der Waals surface area contributed by atoms with Crippen molar-refractivity contribution < 1.29 is 0 Å². The molecule has 0 amide bonds. The predicted octanol–water partition coefficient (Wildman–Crippen LogP) is 7.62. The van der Waals surface area contributed by atoms with E-state index in [1.54, 1.807) is 34.3 Å². The molecule has 0 N–H and O–H groups in total. The SMILES string of the molecule is Cn1nc(CSc2ccc(Cl)cc2)c(CSc2ccc(Cl)cc2Cl)c1Cl. The summed E-state index contributed by atoms with van der Waals surface area (Å²) in [6.45, 7) is 0. The lowest BCUT2D eigenvalue weighted by Gasteiger charge is -2.06. The van der Waals surface area contributed by atoms with Gasteiger partial charge in [0.2, 0.25) is 0 Å². The van der Waals surface area contributed by atoms with E-state index in [2.05, 4.69) is 5.10 Å². The van der Waals surface area contributed by atoms with Gasteiger partial charge in [0.25, 0.3) is 0 Å². The summed E-state index contributed by atoms with van der Waals surface area (Å²) in [5.74, 6) is 1.41. The number of aromatic nitrogens is 2. The minimum absolute atomic E-state index is 0.624. The van der Waals surface area contributed by atoms with Crippen LogP contribution in [0.25, 0.3) is 0 Å². The number of hydrogen-bond donors (Lipinski definition) is 0. The van der Waals surface area contributed by atoms with Gasteiger partial charge in [0.05, 0.1) is 10.7 Å². The molecule has 0 unspecified atom stereocenters. The molecule has 26 heavy (non-hydrogen) atoms. The second kappa shape index (κ2) is 9.13. The van der Waals surface area contributed by atoms with E-state index >= 15 is 0 Å². The van der Waals surface area contributed by atoms with Crippen molar-refractivity contribution in [3.63, 3.8) is 0 Å². The minimum Gasteiger partial charge on any atom is -0.256 e. The summed E-state index contributed by atoms with van der Waals surface area (Å²) >= 11 is 27.9. The fourth-order valence-electron chi connectivity index (χ4n) is 2.28. The van der Waals surface area contributed by atoms with Gasteiger partial charge in [-0.3, -0.25) is 4.68 Å². The Bertz CT molecular complexity index is 910. The zero-order valence-electron chi connectivity index (χ0n) is 13.7. The molecule has 2 nitrogen and oxygen atoms in total. The first-order chi connectivity index (χ1) is 12.4. The molecule has 0 atom stereocenters. The van der Waals surface area contributed by atoms with Gasteiger partial charge in [0, 0.05) is 44.0 Å². The zero-order chi connectivity index (χ0) is 18.7. The average Bonchev–Trinajstić information content (AvgIpc) is 2.88. The normalized spacial score (nSPS) is 11.1. The van der Waals surface area contributed by atoms with Crippen LogP contribution >= 0.6 is 69.9 Å². The Labute approximate surface area is 181 Å². The van der Waals surface area contributed by atoms with Crippen molar-refractivity contribution in [2.75, 3.05) is 0 Å². The Morgan fingerprint density at radius 2 is 1.58 bits per heavy atom. The van der Waals surface area contributed by atoms with E-state index in [0.29, 0.717) is 21.0 Å². The first-order valence-electron chi connectivity index (χ1n) is 7.60. The van der Waals surface area contributed by atoms with Gasteiger partial charge in [-0.25, -0.2) is 0 Å². The maximum atomic E-state index is 6.45. The standard InChI is InChI=1S/C18H14Cl4N2S2/c1-24-18(22)14(9-26-17-7-4-12(20)8-15(17)21)16(23-24)10-25-13-5-2-11(19)3-6-13/h2-8H,9-10H2,1H3. The Morgan fingerprint density at radius 1 is 0.885 bits per heavy atom. The number of rotatable bonds is 6. The molecule has 0 saturated heterocycles. The van der Waals surface area contributed by atoms with E-state index in [4.69, 9.17) is 46.4 Å². The van der Waals surface area contributed by atoms with Crippen LogP contribution in [0, 0.1) is 0 Å². The molecule has 3 rings (SSSR count). The molecule has 0 aliphatic rings. The van der Waals surface area contributed by atoms with Crippen LogP contribution in [0.1, 0.15) is 11.3 Å². The molecular formula is C18H14Cl4N2S2. The second-order valence-electron chi connectivity index (χ2n) is 5.45. The maximum Gasteiger partial charge on any atom is 0.131 e. The summed E-state index contributed by atoms with van der Waals surface area (Å²) < 4.78 is 1.71. The highest BCUT2D eigenvalue weighted by molar-refractivity contribution is 7.99. The van der Waals surface area contributed by atoms with Crippen molar-refractivity contribution in [3.05, 3.63) is 73.9 Å². The number of benzene rings is 2. The van der Waals surface area contributed by atoms with Crippen LogP contribution in [0.2, 0.25) is 20.2 Å². The van der Waals surface area contributed by atoms with Crippen LogP contribution in [0.4, 0.5) is 0 Å². The van der Waals surface area contributed by atoms with Gasteiger partial charge >= 0.3 is 0 Å². The van der Waals surface area contributed by atoms with Crippen LogP contribution in [-0.4, -0.2) is 9.78 Å². The number of aryl methyl sites for hydroxylation is 1. The Kier molecular flexibility index (Phi) is 7.11. The summed E-state index contributed by atoms with van der Waals surface area (Å²) in [4.78, 5) is 2.10. The van der Waals surface area contributed by atoms with E-state index < -0.39 is 0 Å². The van der Waals surface area contributed by atoms with Crippen molar-refractivity contribution in [1.82, 2.24) is 9.78 Å². The molecule has 0 bridgehead atoms. The molecule has 1 aromatic heterocycles. The number of thioether (sulfide) groups is 2. The molecule has 0 saturated carbocycles. The van der Waals surface area contributed by atoms with E-state index in [1.807, 2.05) is 43.4 Å². The molecule has 8 heteroatoms. The summed E-state index contributed by atoms with van der Waals surface area (Å²) in [5, 5.41) is 7.20. The van der Waals surface area contributed by atoms with Gasteiger partial charge in [-0.05, 0) is 42.5 Å². The molecule has 3 aromatic rings. The monoisotopic (exact) mass is 462 g/mol. The van der Waals surface area contributed by atoms with Gasteiger partial charge in [0.1, 0.15) is 5.15 Å². The summed E-state index contributed by atoms with van der Waals surface area (Å²) in [7, 11) is 1.85. The van der Waals surface area contributed by atoms with Crippen LogP contribution in [0.5, 0.6) is 0 Å². The quantitative estimate of drug-likeness (QED) is 0.350. The number of nitrogens with zero attached hydrogens (tertiary/aromatic N) is 2. The van der Waals surface area contributed by atoms with Crippen LogP contribution in [0.15, 0.2) is 52.3 Å². The second-order valence-corrected chi connectivity index (χ2v) is 9.15.